The van der Waals surface area contributed by atoms with Gasteiger partial charge >= 0.3 is 0 Å². The number of hydrogen-bond acceptors (Lipinski definition) is 9. The molecule has 0 aromatic carbocycles. The Bertz CT molecular complexity index is 1110. The summed E-state index contributed by atoms with van der Waals surface area (Å²) in [6, 6.07) is 4.71. The molecular weight excluding hydrogens is 445 g/mol. The Morgan fingerprint density at radius 3 is 2.73 bits per heavy atom. The van der Waals surface area contributed by atoms with E-state index in [1.807, 2.05) is 6.92 Å². The van der Waals surface area contributed by atoms with Crippen LogP contribution >= 0.6 is 11.9 Å². The fourth-order valence-corrected chi connectivity index (χ4v) is 3.69. The predicted octanol–water partition coefficient (Wildman–Crippen LogP) is 4.16. The standard InChI is InChI=1S/C22H24FN7O2S/c1-3-22(23,17-9-10-25-21(28-17)30-33-15-6-7-15)20(31)29-18-8-5-14(11-26-18)16-12-24-13-19(27-16)32-4-2/h5,8-13,15H,3-4,6-7H2,1-2H3,(H,25,28,30)(H,26,29,31). The van der Waals surface area contributed by atoms with Crippen LogP contribution in [-0.2, 0) is 10.5 Å². The Balaban J connectivity index is 1.47. The summed E-state index contributed by atoms with van der Waals surface area (Å²) in [5, 5.41) is 3.08. The number of aromatic nitrogens is 5. The number of halogens is 1. The van der Waals surface area contributed by atoms with E-state index in [0.717, 1.165) is 12.8 Å². The Kier molecular flexibility index (Phi) is 6.97. The van der Waals surface area contributed by atoms with Gasteiger partial charge in [0.15, 0.2) is 0 Å². The van der Waals surface area contributed by atoms with Crippen molar-refractivity contribution in [3.8, 4) is 17.1 Å². The van der Waals surface area contributed by atoms with E-state index in [1.54, 1.807) is 25.3 Å². The molecule has 0 spiro atoms. The number of anilines is 2. The number of alkyl halides is 1. The molecular formula is C22H24FN7O2S. The maximum Gasteiger partial charge on any atom is 0.269 e. The predicted molar refractivity (Wildman–Crippen MR) is 124 cm³/mol. The number of pyridine rings is 1. The molecule has 11 heteroatoms. The van der Waals surface area contributed by atoms with Crippen molar-refractivity contribution in [3.63, 3.8) is 0 Å². The third-order valence-electron chi connectivity index (χ3n) is 4.96. The van der Waals surface area contributed by atoms with Crippen molar-refractivity contribution in [2.45, 2.75) is 44.0 Å². The van der Waals surface area contributed by atoms with E-state index in [9.17, 15) is 4.79 Å². The summed E-state index contributed by atoms with van der Waals surface area (Å²) in [6.07, 6.45) is 8.27. The molecule has 0 aliphatic heterocycles. The van der Waals surface area contributed by atoms with Gasteiger partial charge in [-0.15, -0.1) is 0 Å². The summed E-state index contributed by atoms with van der Waals surface area (Å²) >= 11 is 1.51. The zero-order chi connectivity index (χ0) is 23.3. The molecule has 3 heterocycles. The summed E-state index contributed by atoms with van der Waals surface area (Å²) in [4.78, 5) is 33.9. The average molecular weight is 470 g/mol. The van der Waals surface area contributed by atoms with E-state index in [0.29, 0.717) is 29.0 Å². The van der Waals surface area contributed by atoms with Crippen molar-refractivity contribution < 1.29 is 13.9 Å². The number of rotatable bonds is 10. The second-order valence-electron chi connectivity index (χ2n) is 7.40. The van der Waals surface area contributed by atoms with Crippen LogP contribution in [0.3, 0.4) is 0 Å². The van der Waals surface area contributed by atoms with Crippen LogP contribution in [-0.4, -0.2) is 42.7 Å². The summed E-state index contributed by atoms with van der Waals surface area (Å²) in [7, 11) is 0. The third kappa shape index (κ3) is 5.54. The smallest absolute Gasteiger partial charge is 0.269 e. The van der Waals surface area contributed by atoms with Crippen molar-refractivity contribution in [1.29, 1.82) is 0 Å². The molecule has 0 radical (unpaired) electrons. The number of carbonyl (C=O) groups is 1. The lowest BCUT2D eigenvalue weighted by Crippen LogP contribution is -2.37. The van der Waals surface area contributed by atoms with Crippen LogP contribution in [0.25, 0.3) is 11.3 Å². The number of ether oxygens (including phenoxy) is 1. The second kappa shape index (κ2) is 10.1. The molecule has 1 saturated carbocycles. The number of amides is 1. The van der Waals surface area contributed by atoms with E-state index >= 15 is 4.39 Å². The van der Waals surface area contributed by atoms with Gasteiger partial charge in [0.2, 0.25) is 17.5 Å². The van der Waals surface area contributed by atoms with Gasteiger partial charge in [0.25, 0.3) is 5.91 Å². The van der Waals surface area contributed by atoms with Crippen LogP contribution in [0, 0.1) is 0 Å². The zero-order valence-electron chi connectivity index (χ0n) is 18.3. The maximum atomic E-state index is 15.8. The first-order valence-corrected chi connectivity index (χ1v) is 11.6. The largest absolute Gasteiger partial charge is 0.477 e. The maximum absolute atomic E-state index is 15.8. The normalized spacial score (nSPS) is 14.9. The van der Waals surface area contributed by atoms with Gasteiger partial charge in [-0.25, -0.2) is 24.3 Å². The molecule has 172 valence electrons. The van der Waals surface area contributed by atoms with Gasteiger partial charge in [0.05, 0.1) is 30.4 Å². The number of carbonyl (C=O) groups excluding carboxylic acids is 1. The highest BCUT2D eigenvalue weighted by molar-refractivity contribution is 8.01. The van der Waals surface area contributed by atoms with E-state index < -0.39 is 11.6 Å². The lowest BCUT2D eigenvalue weighted by Gasteiger charge is -2.22. The summed E-state index contributed by atoms with van der Waals surface area (Å²) < 4.78 is 24.2. The summed E-state index contributed by atoms with van der Waals surface area (Å²) in [6.45, 7) is 3.93. The molecule has 1 atom stereocenters. The highest BCUT2D eigenvalue weighted by Gasteiger charge is 2.41. The topological polar surface area (TPSA) is 115 Å². The molecule has 0 saturated heterocycles. The molecule has 1 unspecified atom stereocenters. The Labute approximate surface area is 195 Å². The van der Waals surface area contributed by atoms with E-state index in [-0.39, 0.29) is 23.9 Å². The average Bonchev–Trinajstić information content (AvgIpc) is 3.68. The van der Waals surface area contributed by atoms with E-state index in [2.05, 4.69) is 35.0 Å². The van der Waals surface area contributed by atoms with Gasteiger partial charge in [-0.05, 0) is 56.3 Å². The van der Waals surface area contributed by atoms with Gasteiger partial charge in [-0.3, -0.25) is 14.5 Å². The Hall–Kier alpha value is -3.34. The van der Waals surface area contributed by atoms with Crippen molar-refractivity contribution in [3.05, 3.63) is 48.7 Å². The van der Waals surface area contributed by atoms with Crippen LogP contribution in [0.15, 0.2) is 43.0 Å². The Morgan fingerprint density at radius 1 is 1.18 bits per heavy atom. The molecule has 1 aliphatic rings. The lowest BCUT2D eigenvalue weighted by atomic mass is 9.97. The number of nitrogens with one attached hydrogen (secondary N) is 2. The highest BCUT2D eigenvalue weighted by atomic mass is 32.2. The molecule has 3 aromatic rings. The molecule has 1 aliphatic carbocycles. The van der Waals surface area contributed by atoms with Gasteiger partial charge < -0.3 is 10.1 Å². The molecule has 1 amide bonds. The number of nitrogens with zero attached hydrogens (tertiary/aromatic N) is 5. The van der Waals surface area contributed by atoms with Gasteiger partial charge in [-0.1, -0.05) is 6.92 Å². The molecule has 4 rings (SSSR count). The SMILES string of the molecule is CCOc1cncc(-c2ccc(NC(=O)C(F)(CC)c3ccnc(NSC4CC4)n3)nc2)n1. The van der Waals surface area contributed by atoms with Gasteiger partial charge in [0, 0.05) is 23.2 Å². The van der Waals surface area contributed by atoms with Crippen molar-refractivity contribution in [2.75, 3.05) is 16.6 Å². The highest BCUT2D eigenvalue weighted by Crippen LogP contribution is 2.35. The summed E-state index contributed by atoms with van der Waals surface area (Å²) in [5.74, 6) is 0.0602. The van der Waals surface area contributed by atoms with Gasteiger partial charge in [0.1, 0.15) is 5.82 Å². The minimum Gasteiger partial charge on any atom is -0.477 e. The molecule has 33 heavy (non-hydrogen) atoms. The number of hydrogen-bond donors (Lipinski definition) is 2. The van der Waals surface area contributed by atoms with Crippen molar-refractivity contribution in [1.82, 2.24) is 24.9 Å². The van der Waals surface area contributed by atoms with E-state index in [1.165, 1.54) is 36.6 Å². The van der Waals surface area contributed by atoms with E-state index in [4.69, 9.17) is 4.74 Å². The minimum atomic E-state index is -2.33. The molecule has 1 fully saturated rings. The first kappa shape index (κ1) is 22.8. The fourth-order valence-electron chi connectivity index (χ4n) is 2.95. The van der Waals surface area contributed by atoms with Crippen LogP contribution in [0.4, 0.5) is 16.2 Å². The van der Waals surface area contributed by atoms with Crippen LogP contribution in [0.5, 0.6) is 5.88 Å². The quantitative estimate of drug-likeness (QED) is 0.422. The zero-order valence-corrected chi connectivity index (χ0v) is 19.1. The van der Waals surface area contributed by atoms with Crippen LogP contribution < -0.4 is 14.8 Å². The minimum absolute atomic E-state index is 0.00368. The molecule has 2 N–H and O–H groups in total. The van der Waals surface area contributed by atoms with Crippen LogP contribution in [0.2, 0.25) is 0 Å². The van der Waals surface area contributed by atoms with Crippen molar-refractivity contribution >= 4 is 29.6 Å². The second-order valence-corrected chi connectivity index (χ2v) is 8.51. The molecule has 3 aromatic heterocycles. The fraction of sp³-hybridized carbons (Fsp3) is 0.364. The monoisotopic (exact) mass is 469 g/mol. The summed E-state index contributed by atoms with van der Waals surface area (Å²) in [5.41, 5.74) is -1.08. The van der Waals surface area contributed by atoms with Gasteiger partial charge in [-0.2, -0.15) is 0 Å². The first-order valence-electron chi connectivity index (χ1n) is 10.7. The molecule has 0 bridgehead atoms. The molecule has 9 nitrogen and oxygen atoms in total. The van der Waals surface area contributed by atoms with Crippen molar-refractivity contribution in [2.24, 2.45) is 0 Å². The Morgan fingerprint density at radius 2 is 2.03 bits per heavy atom. The van der Waals surface area contributed by atoms with Crippen LogP contribution in [0.1, 0.15) is 38.8 Å². The first-order chi connectivity index (χ1) is 16.0. The lowest BCUT2D eigenvalue weighted by molar-refractivity contribution is -0.128. The third-order valence-corrected chi connectivity index (χ3v) is 6.06.